The van der Waals surface area contributed by atoms with E-state index in [9.17, 15) is 9.18 Å². The van der Waals surface area contributed by atoms with Gasteiger partial charge in [-0.1, -0.05) is 35.4 Å². The van der Waals surface area contributed by atoms with Crippen molar-refractivity contribution in [2.45, 2.75) is 27.1 Å². The monoisotopic (exact) mass is 453 g/mol. The Balaban J connectivity index is 1.35. The average Bonchev–Trinajstić information content (AvgIpc) is 3.39. The molecule has 2 heterocycles. The minimum atomic E-state index is -0.397. The second-order valence-electron chi connectivity index (χ2n) is 7.37. The van der Waals surface area contributed by atoms with Gasteiger partial charge in [0.2, 0.25) is 0 Å². The first-order valence-electron chi connectivity index (χ1n) is 9.89. The van der Waals surface area contributed by atoms with Gasteiger partial charge in [0.25, 0.3) is 5.91 Å². The Bertz CT molecular complexity index is 1270. The predicted molar refractivity (Wildman–Crippen MR) is 119 cm³/mol. The summed E-state index contributed by atoms with van der Waals surface area (Å²) in [4.78, 5) is 12.5. The molecular weight excluding hydrogens is 433 g/mol. The number of carbonyl (C=O) groups is 1. The standard InChI is InChI=1S/C23H21ClFN5O2/c1-15-3-6-21(16(2)11-15)32-14-30-9-7-20(27-30)23(31)26-22-8-10-29(28-22)13-17-4-5-18(25)12-19(17)24/h3-12H,13-14H2,1-2H3,(H,26,28,31). The lowest BCUT2D eigenvalue weighted by atomic mass is 10.1. The highest BCUT2D eigenvalue weighted by molar-refractivity contribution is 6.31. The lowest BCUT2D eigenvalue weighted by Crippen LogP contribution is -2.15. The highest BCUT2D eigenvalue weighted by Crippen LogP contribution is 2.20. The van der Waals surface area contributed by atoms with Crippen molar-refractivity contribution in [3.8, 4) is 5.75 Å². The first-order valence-corrected chi connectivity index (χ1v) is 10.3. The number of carbonyl (C=O) groups excluding carboxylic acids is 1. The smallest absolute Gasteiger partial charge is 0.277 e. The molecule has 0 radical (unpaired) electrons. The summed E-state index contributed by atoms with van der Waals surface area (Å²) in [6, 6.07) is 13.4. The third-order valence-electron chi connectivity index (χ3n) is 4.79. The molecule has 1 amide bonds. The van der Waals surface area contributed by atoms with Crippen LogP contribution in [0.15, 0.2) is 60.9 Å². The number of nitrogens with zero attached hydrogens (tertiary/aromatic N) is 4. The summed E-state index contributed by atoms with van der Waals surface area (Å²) >= 11 is 6.06. The van der Waals surface area contributed by atoms with Crippen LogP contribution in [0, 0.1) is 19.7 Å². The molecule has 0 atom stereocenters. The van der Waals surface area contributed by atoms with Gasteiger partial charge >= 0.3 is 0 Å². The van der Waals surface area contributed by atoms with Gasteiger partial charge in [0.05, 0.1) is 6.54 Å². The van der Waals surface area contributed by atoms with Gasteiger partial charge in [-0.05, 0) is 49.2 Å². The van der Waals surface area contributed by atoms with Gasteiger partial charge in [0, 0.05) is 23.5 Å². The molecule has 0 aliphatic heterocycles. The van der Waals surface area contributed by atoms with Gasteiger partial charge in [-0.3, -0.25) is 9.48 Å². The van der Waals surface area contributed by atoms with Crippen LogP contribution in [0.4, 0.5) is 10.2 Å². The van der Waals surface area contributed by atoms with E-state index in [4.69, 9.17) is 16.3 Å². The van der Waals surface area contributed by atoms with Crippen LogP contribution in [0.25, 0.3) is 0 Å². The average molecular weight is 454 g/mol. The maximum atomic E-state index is 13.2. The van der Waals surface area contributed by atoms with Crippen molar-refractivity contribution in [2.24, 2.45) is 0 Å². The lowest BCUT2D eigenvalue weighted by Gasteiger charge is -2.09. The van der Waals surface area contributed by atoms with Gasteiger partial charge in [-0.2, -0.15) is 10.2 Å². The highest BCUT2D eigenvalue weighted by Gasteiger charge is 2.12. The topological polar surface area (TPSA) is 74.0 Å². The number of aromatic nitrogens is 4. The first kappa shape index (κ1) is 21.6. The first-order chi connectivity index (χ1) is 15.4. The number of benzene rings is 2. The molecule has 0 spiro atoms. The van der Waals surface area contributed by atoms with Crippen LogP contribution >= 0.6 is 11.6 Å². The van der Waals surface area contributed by atoms with Crippen LogP contribution in [-0.4, -0.2) is 25.5 Å². The van der Waals surface area contributed by atoms with Gasteiger partial charge in [0.15, 0.2) is 18.2 Å². The fourth-order valence-electron chi connectivity index (χ4n) is 3.17. The van der Waals surface area contributed by atoms with Crippen LogP contribution < -0.4 is 10.1 Å². The van der Waals surface area contributed by atoms with Crippen LogP contribution in [0.2, 0.25) is 5.02 Å². The highest BCUT2D eigenvalue weighted by atomic mass is 35.5. The lowest BCUT2D eigenvalue weighted by molar-refractivity contribution is 0.101. The third-order valence-corrected chi connectivity index (χ3v) is 5.14. The van der Waals surface area contributed by atoms with E-state index >= 15 is 0 Å². The normalized spacial score (nSPS) is 10.9. The number of rotatable bonds is 7. The Morgan fingerprint density at radius 2 is 1.88 bits per heavy atom. The molecule has 4 rings (SSSR count). The number of aryl methyl sites for hydroxylation is 2. The molecule has 1 N–H and O–H groups in total. The van der Waals surface area contributed by atoms with Crippen LogP contribution in [0.3, 0.4) is 0 Å². The second-order valence-corrected chi connectivity index (χ2v) is 7.78. The minimum absolute atomic E-state index is 0.185. The summed E-state index contributed by atoms with van der Waals surface area (Å²) in [5, 5.41) is 11.6. The summed E-state index contributed by atoms with van der Waals surface area (Å²) < 4.78 is 22.1. The van der Waals surface area contributed by atoms with Crippen LogP contribution in [0.1, 0.15) is 27.2 Å². The largest absolute Gasteiger partial charge is 0.471 e. The Morgan fingerprint density at radius 3 is 2.66 bits per heavy atom. The zero-order chi connectivity index (χ0) is 22.7. The van der Waals surface area contributed by atoms with Crippen LogP contribution in [-0.2, 0) is 13.3 Å². The predicted octanol–water partition coefficient (Wildman–Crippen LogP) is 4.83. The summed E-state index contributed by atoms with van der Waals surface area (Å²) in [6.45, 7) is 4.53. The molecule has 2 aromatic carbocycles. The number of halogens is 2. The molecular formula is C23H21ClFN5O2. The van der Waals surface area contributed by atoms with Crippen molar-refractivity contribution in [3.63, 3.8) is 0 Å². The van der Waals surface area contributed by atoms with E-state index < -0.39 is 5.82 Å². The van der Waals surface area contributed by atoms with Crippen LogP contribution in [0.5, 0.6) is 5.75 Å². The van der Waals surface area contributed by atoms with E-state index in [1.165, 1.54) is 12.1 Å². The molecule has 9 heteroatoms. The third kappa shape index (κ3) is 5.15. The molecule has 4 aromatic rings. The van der Waals surface area contributed by atoms with E-state index in [2.05, 4.69) is 15.5 Å². The van der Waals surface area contributed by atoms with Crippen molar-refractivity contribution in [1.82, 2.24) is 19.6 Å². The molecule has 32 heavy (non-hydrogen) atoms. The van der Waals surface area contributed by atoms with Crippen molar-refractivity contribution >= 4 is 23.3 Å². The maximum absolute atomic E-state index is 13.2. The summed E-state index contributed by atoms with van der Waals surface area (Å²) in [5.74, 6) is 0.351. The Hall–Kier alpha value is -3.65. The number of ether oxygens (including phenoxy) is 1. The molecule has 0 fully saturated rings. The number of hydrogen-bond donors (Lipinski definition) is 1. The van der Waals surface area contributed by atoms with Gasteiger partial charge < -0.3 is 10.1 Å². The molecule has 164 valence electrons. The molecule has 0 aliphatic rings. The number of amides is 1. The molecule has 0 bridgehead atoms. The summed E-state index contributed by atoms with van der Waals surface area (Å²) in [7, 11) is 0. The molecule has 0 aliphatic carbocycles. The van der Waals surface area contributed by atoms with Gasteiger partial charge in [-0.25, -0.2) is 9.07 Å². The minimum Gasteiger partial charge on any atom is -0.471 e. The van der Waals surface area contributed by atoms with E-state index in [1.807, 2.05) is 32.0 Å². The fourth-order valence-corrected chi connectivity index (χ4v) is 3.40. The van der Waals surface area contributed by atoms with Gasteiger partial charge in [0.1, 0.15) is 11.6 Å². The van der Waals surface area contributed by atoms with Crippen molar-refractivity contribution in [1.29, 1.82) is 0 Å². The van der Waals surface area contributed by atoms with E-state index in [0.29, 0.717) is 17.4 Å². The van der Waals surface area contributed by atoms with Crippen molar-refractivity contribution in [3.05, 3.63) is 94.1 Å². The van der Waals surface area contributed by atoms with Gasteiger partial charge in [-0.15, -0.1) is 0 Å². The molecule has 0 saturated carbocycles. The molecule has 7 nitrogen and oxygen atoms in total. The van der Waals surface area contributed by atoms with E-state index in [0.717, 1.165) is 22.4 Å². The quantitative estimate of drug-likeness (QED) is 0.435. The number of anilines is 1. The van der Waals surface area contributed by atoms with Crippen molar-refractivity contribution in [2.75, 3.05) is 5.32 Å². The fraction of sp³-hybridized carbons (Fsp3) is 0.174. The SMILES string of the molecule is Cc1ccc(OCn2ccc(C(=O)Nc3ccn(Cc4ccc(F)cc4Cl)n3)n2)c(C)c1. The van der Waals surface area contributed by atoms with E-state index in [1.54, 1.807) is 40.0 Å². The zero-order valence-electron chi connectivity index (χ0n) is 17.5. The Morgan fingerprint density at radius 1 is 1.06 bits per heavy atom. The van der Waals surface area contributed by atoms with E-state index in [-0.39, 0.29) is 18.3 Å². The Kier molecular flexibility index (Phi) is 6.23. The molecule has 0 saturated heterocycles. The second kappa shape index (κ2) is 9.23. The zero-order valence-corrected chi connectivity index (χ0v) is 18.3. The summed E-state index contributed by atoms with van der Waals surface area (Å²) in [6.07, 6.45) is 3.37. The molecule has 0 unspecified atom stereocenters. The Labute approximate surface area is 189 Å². The number of hydrogen-bond acceptors (Lipinski definition) is 4. The molecule has 2 aromatic heterocycles. The maximum Gasteiger partial charge on any atom is 0.277 e. The number of nitrogens with one attached hydrogen (secondary N) is 1. The van der Waals surface area contributed by atoms with Crippen molar-refractivity contribution < 1.29 is 13.9 Å². The summed E-state index contributed by atoms with van der Waals surface area (Å²) in [5.41, 5.74) is 3.16.